The van der Waals surface area contributed by atoms with Gasteiger partial charge in [-0.05, 0) is 17.7 Å². The van der Waals surface area contributed by atoms with Crippen LogP contribution in [0.1, 0.15) is 5.56 Å². The standard InChI is InChI=1S/C17H24N4O8/c18-11(7-22)15(26)21-13(8-23)16(27)19-6-14(25)20-12(17(28)29)5-9-1-3-10(24)4-2-9/h1-4,11-13,22-24H,5-8,18H2,(H,19,27)(H,20,25)(H,21,26)(H,28,29). The van der Waals surface area contributed by atoms with Crippen molar-refractivity contribution in [2.75, 3.05) is 19.8 Å². The van der Waals surface area contributed by atoms with Gasteiger partial charge in [-0.2, -0.15) is 0 Å². The van der Waals surface area contributed by atoms with Gasteiger partial charge in [0, 0.05) is 6.42 Å². The number of nitrogens with one attached hydrogen (secondary N) is 3. The number of amides is 3. The second-order valence-electron chi connectivity index (χ2n) is 6.08. The van der Waals surface area contributed by atoms with Crippen LogP contribution in [0.2, 0.25) is 0 Å². The van der Waals surface area contributed by atoms with Gasteiger partial charge in [-0.3, -0.25) is 14.4 Å². The smallest absolute Gasteiger partial charge is 0.326 e. The number of rotatable bonds is 11. The third kappa shape index (κ3) is 8.13. The zero-order valence-corrected chi connectivity index (χ0v) is 15.4. The van der Waals surface area contributed by atoms with Crippen molar-refractivity contribution < 1.29 is 39.6 Å². The molecular formula is C17H24N4O8. The largest absolute Gasteiger partial charge is 0.508 e. The summed E-state index contributed by atoms with van der Waals surface area (Å²) < 4.78 is 0. The first kappa shape index (κ1) is 23.8. The molecule has 9 N–H and O–H groups in total. The first-order valence-corrected chi connectivity index (χ1v) is 8.53. The van der Waals surface area contributed by atoms with E-state index in [-0.39, 0.29) is 12.2 Å². The number of aromatic hydroxyl groups is 1. The lowest BCUT2D eigenvalue weighted by Gasteiger charge is -2.19. The Bertz CT molecular complexity index is 725. The first-order chi connectivity index (χ1) is 13.7. The molecule has 1 aromatic carbocycles. The molecule has 0 saturated carbocycles. The molecule has 0 fully saturated rings. The summed E-state index contributed by atoms with van der Waals surface area (Å²) in [5, 5.41) is 43.0. The minimum absolute atomic E-state index is 0.0119. The maximum absolute atomic E-state index is 12.0. The van der Waals surface area contributed by atoms with E-state index < -0.39 is 61.6 Å². The van der Waals surface area contributed by atoms with Crippen LogP contribution in [0.4, 0.5) is 0 Å². The van der Waals surface area contributed by atoms with Crippen LogP contribution in [-0.4, -0.2) is 82.0 Å². The van der Waals surface area contributed by atoms with Crippen LogP contribution in [0.25, 0.3) is 0 Å². The maximum atomic E-state index is 12.0. The van der Waals surface area contributed by atoms with E-state index in [4.69, 9.17) is 10.8 Å². The average molecular weight is 412 g/mol. The predicted molar refractivity (Wildman–Crippen MR) is 98.5 cm³/mol. The van der Waals surface area contributed by atoms with Crippen molar-refractivity contribution >= 4 is 23.7 Å². The van der Waals surface area contributed by atoms with Crippen LogP contribution in [-0.2, 0) is 25.6 Å². The fourth-order valence-electron chi connectivity index (χ4n) is 2.16. The molecule has 160 valence electrons. The number of nitrogens with two attached hydrogens (primary N) is 1. The van der Waals surface area contributed by atoms with Gasteiger partial charge in [0.2, 0.25) is 17.7 Å². The minimum Gasteiger partial charge on any atom is -0.508 e. The summed E-state index contributed by atoms with van der Waals surface area (Å²) in [4.78, 5) is 46.8. The number of carbonyl (C=O) groups excluding carboxylic acids is 3. The minimum atomic E-state index is -1.40. The number of aliphatic carboxylic acids is 1. The van der Waals surface area contributed by atoms with Crippen molar-refractivity contribution in [2.45, 2.75) is 24.5 Å². The zero-order chi connectivity index (χ0) is 22.0. The number of carbonyl (C=O) groups is 4. The molecule has 12 heteroatoms. The number of phenols is 1. The van der Waals surface area contributed by atoms with E-state index >= 15 is 0 Å². The number of aliphatic hydroxyl groups is 2. The molecule has 29 heavy (non-hydrogen) atoms. The molecule has 3 atom stereocenters. The molecule has 1 rings (SSSR count). The van der Waals surface area contributed by atoms with Gasteiger partial charge in [-0.25, -0.2) is 4.79 Å². The second-order valence-corrected chi connectivity index (χ2v) is 6.08. The number of phenolic OH excluding ortho intramolecular Hbond substituents is 1. The second kappa shape index (κ2) is 11.6. The van der Waals surface area contributed by atoms with Crippen molar-refractivity contribution in [1.82, 2.24) is 16.0 Å². The van der Waals surface area contributed by atoms with Crippen molar-refractivity contribution in [3.05, 3.63) is 29.8 Å². The molecule has 0 spiro atoms. The number of hydrogen-bond acceptors (Lipinski definition) is 8. The molecule has 3 amide bonds. The van der Waals surface area contributed by atoms with Gasteiger partial charge in [0.15, 0.2) is 0 Å². The molecule has 3 unspecified atom stereocenters. The highest BCUT2D eigenvalue weighted by molar-refractivity contribution is 5.92. The molecule has 0 aromatic heterocycles. The number of aliphatic hydroxyl groups excluding tert-OH is 2. The SMILES string of the molecule is NC(CO)C(=O)NC(CO)C(=O)NCC(=O)NC(Cc1ccc(O)cc1)C(=O)O. The summed E-state index contributed by atoms with van der Waals surface area (Å²) in [6.07, 6.45) is -0.0519. The van der Waals surface area contributed by atoms with Crippen LogP contribution in [0.5, 0.6) is 5.75 Å². The lowest BCUT2D eigenvalue weighted by Crippen LogP contribution is -2.55. The molecule has 0 saturated heterocycles. The fraction of sp³-hybridized carbons (Fsp3) is 0.412. The highest BCUT2D eigenvalue weighted by atomic mass is 16.4. The predicted octanol–water partition coefficient (Wildman–Crippen LogP) is -3.58. The Kier molecular flexibility index (Phi) is 9.51. The highest BCUT2D eigenvalue weighted by Gasteiger charge is 2.24. The van der Waals surface area contributed by atoms with Crippen molar-refractivity contribution in [1.29, 1.82) is 0 Å². The lowest BCUT2D eigenvalue weighted by molar-refractivity contribution is -0.141. The van der Waals surface area contributed by atoms with E-state index in [9.17, 15) is 34.5 Å². The van der Waals surface area contributed by atoms with Gasteiger partial charge in [-0.15, -0.1) is 0 Å². The Labute approximate surface area is 165 Å². The Morgan fingerprint density at radius 1 is 0.931 bits per heavy atom. The Morgan fingerprint density at radius 3 is 2.07 bits per heavy atom. The molecule has 0 bridgehead atoms. The molecule has 0 aliphatic carbocycles. The summed E-state index contributed by atoms with van der Waals surface area (Å²) in [5.41, 5.74) is 5.85. The van der Waals surface area contributed by atoms with Gasteiger partial charge in [0.25, 0.3) is 0 Å². The quantitative estimate of drug-likeness (QED) is 0.180. The van der Waals surface area contributed by atoms with E-state index in [0.29, 0.717) is 5.56 Å². The van der Waals surface area contributed by atoms with Crippen molar-refractivity contribution in [2.24, 2.45) is 5.73 Å². The van der Waals surface area contributed by atoms with E-state index in [0.717, 1.165) is 0 Å². The van der Waals surface area contributed by atoms with Gasteiger partial charge in [0.1, 0.15) is 23.9 Å². The molecule has 0 aliphatic heterocycles. The summed E-state index contributed by atoms with van der Waals surface area (Å²) in [6.45, 7) is -2.04. The van der Waals surface area contributed by atoms with Crippen LogP contribution in [0.15, 0.2) is 24.3 Å². The Morgan fingerprint density at radius 2 is 1.55 bits per heavy atom. The fourth-order valence-corrected chi connectivity index (χ4v) is 2.16. The Balaban J connectivity index is 2.57. The van der Waals surface area contributed by atoms with Crippen molar-refractivity contribution in [3.8, 4) is 5.75 Å². The van der Waals surface area contributed by atoms with Crippen molar-refractivity contribution in [3.63, 3.8) is 0 Å². The van der Waals surface area contributed by atoms with E-state index in [1.807, 2.05) is 0 Å². The number of carboxylic acid groups (broad SMARTS) is 1. The van der Waals surface area contributed by atoms with Crippen LogP contribution in [0.3, 0.4) is 0 Å². The molecule has 0 heterocycles. The molecule has 0 radical (unpaired) electrons. The third-order valence-electron chi connectivity index (χ3n) is 3.78. The first-order valence-electron chi connectivity index (χ1n) is 8.53. The molecule has 1 aromatic rings. The molecule has 0 aliphatic rings. The monoisotopic (exact) mass is 412 g/mol. The zero-order valence-electron chi connectivity index (χ0n) is 15.4. The summed E-state index contributed by atoms with van der Waals surface area (Å²) in [6, 6.07) is 1.80. The molecule has 12 nitrogen and oxygen atoms in total. The van der Waals surface area contributed by atoms with Gasteiger partial charge in [0.05, 0.1) is 19.8 Å². The average Bonchev–Trinajstić information content (AvgIpc) is 2.70. The van der Waals surface area contributed by atoms with Crippen LogP contribution < -0.4 is 21.7 Å². The topological polar surface area (TPSA) is 211 Å². The third-order valence-corrected chi connectivity index (χ3v) is 3.78. The van der Waals surface area contributed by atoms with E-state index in [1.165, 1.54) is 24.3 Å². The van der Waals surface area contributed by atoms with Gasteiger partial charge < -0.3 is 42.1 Å². The normalized spacial score (nSPS) is 13.6. The number of hydrogen-bond donors (Lipinski definition) is 8. The summed E-state index contributed by atoms with van der Waals surface area (Å²) >= 11 is 0. The lowest BCUT2D eigenvalue weighted by atomic mass is 10.1. The summed E-state index contributed by atoms with van der Waals surface area (Å²) in [7, 11) is 0. The highest BCUT2D eigenvalue weighted by Crippen LogP contribution is 2.11. The van der Waals surface area contributed by atoms with Gasteiger partial charge >= 0.3 is 5.97 Å². The van der Waals surface area contributed by atoms with Crippen LogP contribution in [0, 0.1) is 0 Å². The van der Waals surface area contributed by atoms with Gasteiger partial charge in [-0.1, -0.05) is 12.1 Å². The maximum Gasteiger partial charge on any atom is 0.326 e. The summed E-state index contributed by atoms with van der Waals surface area (Å²) in [5.74, 6) is -3.86. The number of carboxylic acids is 1. The number of benzene rings is 1. The van der Waals surface area contributed by atoms with E-state index in [2.05, 4.69) is 16.0 Å². The molecular weight excluding hydrogens is 388 g/mol. The Hall–Kier alpha value is -3.22. The van der Waals surface area contributed by atoms with E-state index in [1.54, 1.807) is 0 Å². The van der Waals surface area contributed by atoms with Crippen LogP contribution >= 0.6 is 0 Å².